The number of fused-ring (bicyclic) bond motifs is 1. The number of carbonyl (C=O) groups excluding carboxylic acids is 3. The number of Topliss-reactive ketones (excluding diaryl/α,β-unsaturated/α-hetero) is 1. The number of carbonyl (C=O) groups is 3. The second kappa shape index (κ2) is 14.0. The molecule has 1 aliphatic heterocycles. The Kier molecular flexibility index (Phi) is 9.82. The van der Waals surface area contributed by atoms with E-state index in [2.05, 4.69) is 17.2 Å². The van der Waals surface area contributed by atoms with Gasteiger partial charge in [0.25, 0.3) is 5.91 Å². The monoisotopic (exact) mass is 633 g/mol. The van der Waals surface area contributed by atoms with Crippen molar-refractivity contribution < 1.29 is 28.6 Å². The number of hydrogen-bond donors (Lipinski definition) is 3. The maximum Gasteiger partial charge on any atom is 0.257 e. The van der Waals surface area contributed by atoms with Crippen molar-refractivity contribution in [3.8, 4) is 16.2 Å². The van der Waals surface area contributed by atoms with Crippen molar-refractivity contribution in [1.82, 2.24) is 10.6 Å². The van der Waals surface area contributed by atoms with Crippen LogP contribution in [0.3, 0.4) is 0 Å². The molecule has 4 aliphatic carbocycles. The smallest absolute Gasteiger partial charge is 0.257 e. The van der Waals surface area contributed by atoms with Crippen molar-refractivity contribution in [3.63, 3.8) is 0 Å². The molecule has 0 atom stereocenters. The molecular formula is C35H43N3O6S. The Labute approximate surface area is 268 Å². The van der Waals surface area contributed by atoms with Crippen molar-refractivity contribution in [3.05, 3.63) is 53.0 Å². The van der Waals surface area contributed by atoms with Gasteiger partial charge in [0.05, 0.1) is 41.7 Å². The van der Waals surface area contributed by atoms with E-state index in [0.717, 1.165) is 28.2 Å². The van der Waals surface area contributed by atoms with Crippen LogP contribution in [-0.2, 0) is 19.1 Å². The number of hydrogen-bond acceptors (Lipinski definition) is 8. The lowest BCUT2D eigenvalue weighted by Gasteiger charge is -2.56. The summed E-state index contributed by atoms with van der Waals surface area (Å²) in [5, 5.41) is 13.8. The fraction of sp³-hybridized carbons (Fsp3) is 0.543. The second-order valence-corrected chi connectivity index (χ2v) is 14.3. The Bertz CT molecular complexity index is 1410. The first-order valence-electron chi connectivity index (χ1n) is 16.2. The minimum atomic E-state index is -0.246. The lowest BCUT2D eigenvalue weighted by Crippen LogP contribution is -2.48. The third-order valence-electron chi connectivity index (χ3n) is 9.69. The maximum absolute atomic E-state index is 12.6. The number of nitrogens with one attached hydrogen (secondary N) is 3. The summed E-state index contributed by atoms with van der Waals surface area (Å²) in [5.74, 6) is 3.10. The van der Waals surface area contributed by atoms with Crippen molar-refractivity contribution in [2.75, 3.05) is 39.6 Å². The average Bonchev–Trinajstić information content (AvgIpc) is 3.46. The van der Waals surface area contributed by atoms with Gasteiger partial charge in [-0.25, -0.2) is 0 Å². The highest BCUT2D eigenvalue weighted by Gasteiger charge is 2.51. The van der Waals surface area contributed by atoms with Crippen molar-refractivity contribution in [2.45, 2.75) is 57.8 Å². The molecular weight excluding hydrogens is 590 g/mol. The lowest BCUT2D eigenvalue weighted by molar-refractivity contribution is -0.129. The summed E-state index contributed by atoms with van der Waals surface area (Å²) in [6, 6.07) is 9.13. The highest BCUT2D eigenvalue weighted by molar-refractivity contribution is 7.18. The number of ether oxygens (including phenoxy) is 3. The zero-order valence-corrected chi connectivity index (χ0v) is 26.6. The molecule has 10 heteroatoms. The first kappa shape index (κ1) is 31.6. The van der Waals surface area contributed by atoms with E-state index in [1.807, 2.05) is 12.1 Å². The molecule has 5 aliphatic rings. The molecule has 4 bridgehead atoms. The molecule has 4 fully saturated rings. The average molecular weight is 634 g/mol. The zero-order chi connectivity index (χ0) is 31.4. The van der Waals surface area contributed by atoms with Gasteiger partial charge in [-0.2, -0.15) is 0 Å². The van der Waals surface area contributed by atoms with Gasteiger partial charge >= 0.3 is 0 Å². The largest absolute Gasteiger partial charge is 0.486 e. The van der Waals surface area contributed by atoms with Gasteiger partial charge in [-0.3, -0.25) is 19.8 Å². The summed E-state index contributed by atoms with van der Waals surface area (Å²) >= 11 is 1.38. The predicted molar refractivity (Wildman–Crippen MR) is 173 cm³/mol. The van der Waals surface area contributed by atoms with Gasteiger partial charge < -0.3 is 24.8 Å². The number of amides is 2. The van der Waals surface area contributed by atoms with Crippen LogP contribution in [0.25, 0.3) is 10.4 Å². The Morgan fingerprint density at radius 3 is 2.36 bits per heavy atom. The highest BCUT2D eigenvalue weighted by atomic mass is 32.1. The van der Waals surface area contributed by atoms with E-state index in [0.29, 0.717) is 74.1 Å². The van der Waals surface area contributed by atoms with E-state index in [1.54, 1.807) is 18.2 Å². The number of allylic oxidation sites excluding steroid dienone is 1. The molecule has 9 nitrogen and oxygen atoms in total. The standard InChI is InChI=1S/C35H43N3O6S/c1-22-32(36)33-29(34(41)38-22)16-30(45-33)26-4-6-28(7-5-26)44-21-27(39)3-2-9-42-11-12-43-10-8-37-31(40)20-35-17-23-13-24(18-35)15-25(14-23)19-35/h4-7,16,23-25,36H,1-3,8-15,17-21H2,(H,37,40)(H,38,41). The Morgan fingerprint density at radius 2 is 1.67 bits per heavy atom. The van der Waals surface area contributed by atoms with E-state index in [1.165, 1.54) is 49.9 Å². The molecule has 0 unspecified atom stereocenters. The first-order valence-corrected chi connectivity index (χ1v) is 17.0. The van der Waals surface area contributed by atoms with Gasteiger partial charge in [0.1, 0.15) is 12.4 Å². The minimum Gasteiger partial charge on any atom is -0.486 e. The van der Waals surface area contributed by atoms with Crippen LogP contribution in [0.4, 0.5) is 0 Å². The fourth-order valence-corrected chi connectivity index (χ4v) is 9.25. The molecule has 1 aromatic heterocycles. The fourth-order valence-electron chi connectivity index (χ4n) is 8.11. The van der Waals surface area contributed by atoms with Crippen LogP contribution >= 0.6 is 11.3 Å². The molecule has 0 spiro atoms. The predicted octanol–water partition coefficient (Wildman–Crippen LogP) is 5.52. The number of ketones is 1. The normalized spacial score (nSPS) is 24.8. The number of benzene rings is 1. The van der Waals surface area contributed by atoms with Crippen LogP contribution in [0.15, 0.2) is 42.6 Å². The number of thiophene rings is 1. The van der Waals surface area contributed by atoms with Crippen molar-refractivity contribution in [1.29, 1.82) is 5.41 Å². The lowest BCUT2D eigenvalue weighted by atomic mass is 9.49. The Morgan fingerprint density at radius 1 is 1.00 bits per heavy atom. The third-order valence-corrected chi connectivity index (χ3v) is 10.9. The van der Waals surface area contributed by atoms with Crippen molar-refractivity contribution >= 4 is 34.6 Å². The minimum absolute atomic E-state index is 0.00102. The summed E-state index contributed by atoms with van der Waals surface area (Å²) in [5.41, 5.74) is 2.20. The van der Waals surface area contributed by atoms with Gasteiger partial charge in [0.2, 0.25) is 5.91 Å². The molecule has 4 saturated carbocycles. The SMILES string of the molecule is C=C1NC(=O)c2cc(-c3ccc(OCC(=O)CCCOCCOCCNC(=O)CC45CC6CC(CC(C6)C4)C5)cc3)sc2C1=N. The van der Waals surface area contributed by atoms with Gasteiger partial charge in [-0.1, -0.05) is 6.58 Å². The summed E-state index contributed by atoms with van der Waals surface area (Å²) in [6.07, 6.45) is 9.60. The van der Waals surface area contributed by atoms with Gasteiger partial charge in [-0.05, 0) is 104 Å². The summed E-state index contributed by atoms with van der Waals surface area (Å²) < 4.78 is 16.9. The highest BCUT2D eigenvalue weighted by Crippen LogP contribution is 2.61. The van der Waals surface area contributed by atoms with Crippen LogP contribution in [0.1, 0.15) is 73.0 Å². The van der Waals surface area contributed by atoms with E-state index in [9.17, 15) is 14.4 Å². The summed E-state index contributed by atoms with van der Waals surface area (Å²) in [4.78, 5) is 38.6. The van der Waals surface area contributed by atoms with Crippen LogP contribution in [-0.4, -0.2) is 62.9 Å². The Hall–Kier alpha value is -3.34. The summed E-state index contributed by atoms with van der Waals surface area (Å²) in [7, 11) is 0. The molecule has 3 N–H and O–H groups in total. The maximum atomic E-state index is 12.6. The van der Waals surface area contributed by atoms with Gasteiger partial charge in [0.15, 0.2) is 5.78 Å². The van der Waals surface area contributed by atoms with Gasteiger partial charge in [0, 0.05) is 30.9 Å². The van der Waals surface area contributed by atoms with E-state index >= 15 is 0 Å². The topological polar surface area (TPSA) is 127 Å². The van der Waals surface area contributed by atoms with Crippen LogP contribution < -0.4 is 15.4 Å². The van der Waals surface area contributed by atoms with Crippen LogP contribution in [0.5, 0.6) is 5.75 Å². The molecule has 2 amide bonds. The molecule has 2 heterocycles. The molecule has 240 valence electrons. The quantitative estimate of drug-likeness (QED) is 0.209. The summed E-state index contributed by atoms with van der Waals surface area (Å²) in [6.45, 7) is 6.09. The van der Waals surface area contributed by atoms with Crippen LogP contribution in [0, 0.1) is 28.6 Å². The van der Waals surface area contributed by atoms with E-state index in [-0.39, 0.29) is 35.3 Å². The number of rotatable bonds is 16. The van der Waals surface area contributed by atoms with Gasteiger partial charge in [-0.15, -0.1) is 11.3 Å². The molecule has 0 radical (unpaired) electrons. The third kappa shape index (κ3) is 7.73. The molecule has 2 aromatic rings. The Balaban J connectivity index is 0.787. The first-order chi connectivity index (χ1) is 21.8. The van der Waals surface area contributed by atoms with E-state index < -0.39 is 0 Å². The zero-order valence-electron chi connectivity index (χ0n) is 25.8. The van der Waals surface area contributed by atoms with Crippen molar-refractivity contribution in [2.24, 2.45) is 23.2 Å². The molecule has 1 aromatic carbocycles. The van der Waals surface area contributed by atoms with Crippen LogP contribution in [0.2, 0.25) is 0 Å². The van der Waals surface area contributed by atoms with E-state index in [4.69, 9.17) is 19.6 Å². The molecule has 7 rings (SSSR count). The molecule has 0 saturated heterocycles. The molecule has 45 heavy (non-hydrogen) atoms. The second-order valence-electron chi connectivity index (χ2n) is 13.3.